The van der Waals surface area contributed by atoms with E-state index >= 15 is 0 Å². The quantitative estimate of drug-likeness (QED) is 0.357. The molecule has 2 aliphatic heterocycles. The summed E-state index contributed by atoms with van der Waals surface area (Å²) < 4.78 is 0. The van der Waals surface area contributed by atoms with Gasteiger partial charge in [-0.05, 0) is 71.0 Å². The first-order chi connectivity index (χ1) is 13.2. The molecule has 1 aromatic heterocycles. The standard InChI is InChI=1S/C21H36N6.HI/c1-22-20(24-13-9-19-8-4-5-12-23-19)25-18-21(10-16-26(2)17-11-21)27-14-6-3-7-15-27;/h4-5,8,12H,3,6-7,9-11,13-18H2,1-2H3,(H2,22,24,25);1H. The van der Waals surface area contributed by atoms with Crippen molar-refractivity contribution in [3.63, 3.8) is 0 Å². The van der Waals surface area contributed by atoms with Gasteiger partial charge >= 0.3 is 0 Å². The molecule has 0 aliphatic carbocycles. The molecular formula is C21H37IN6. The molecule has 0 spiro atoms. The first-order valence-electron chi connectivity index (χ1n) is 10.5. The van der Waals surface area contributed by atoms with Crippen molar-refractivity contribution in [2.24, 2.45) is 4.99 Å². The number of aliphatic imine (C=N–C) groups is 1. The third-order valence-corrected chi connectivity index (χ3v) is 6.15. The molecule has 3 rings (SSSR count). The monoisotopic (exact) mass is 500 g/mol. The number of halogens is 1. The van der Waals surface area contributed by atoms with Crippen molar-refractivity contribution in [1.29, 1.82) is 0 Å². The number of hydrogen-bond donors (Lipinski definition) is 2. The van der Waals surface area contributed by atoms with E-state index in [0.29, 0.717) is 0 Å². The van der Waals surface area contributed by atoms with Crippen molar-refractivity contribution in [3.8, 4) is 0 Å². The number of piperidine rings is 2. The lowest BCUT2D eigenvalue weighted by Crippen LogP contribution is -2.62. The van der Waals surface area contributed by atoms with E-state index < -0.39 is 0 Å². The average Bonchev–Trinajstić information content (AvgIpc) is 2.73. The molecule has 7 heteroatoms. The Hall–Kier alpha value is -0.930. The molecule has 2 saturated heterocycles. The van der Waals surface area contributed by atoms with E-state index in [4.69, 9.17) is 0 Å². The predicted molar refractivity (Wildman–Crippen MR) is 128 cm³/mol. The van der Waals surface area contributed by atoms with Crippen LogP contribution >= 0.6 is 24.0 Å². The van der Waals surface area contributed by atoms with Gasteiger partial charge in [0.1, 0.15) is 0 Å². The summed E-state index contributed by atoms with van der Waals surface area (Å²) in [5, 5.41) is 7.09. The third-order valence-electron chi connectivity index (χ3n) is 6.15. The molecule has 0 saturated carbocycles. The van der Waals surface area contributed by atoms with Gasteiger partial charge in [0.15, 0.2) is 5.96 Å². The highest BCUT2D eigenvalue weighted by atomic mass is 127. The van der Waals surface area contributed by atoms with E-state index in [0.717, 1.165) is 31.2 Å². The SMILES string of the molecule is CN=C(NCCc1ccccn1)NCC1(N2CCCCC2)CCN(C)CC1.I. The molecule has 0 unspecified atom stereocenters. The molecule has 2 fully saturated rings. The molecule has 2 aliphatic rings. The number of hydrogen-bond acceptors (Lipinski definition) is 4. The number of rotatable bonds is 6. The number of nitrogens with zero attached hydrogens (tertiary/aromatic N) is 4. The van der Waals surface area contributed by atoms with Gasteiger partial charge in [-0.15, -0.1) is 24.0 Å². The zero-order valence-electron chi connectivity index (χ0n) is 17.5. The van der Waals surface area contributed by atoms with Gasteiger partial charge in [0, 0.05) is 44.0 Å². The van der Waals surface area contributed by atoms with Crippen molar-refractivity contribution in [1.82, 2.24) is 25.4 Å². The van der Waals surface area contributed by atoms with Gasteiger partial charge in [-0.25, -0.2) is 0 Å². The molecule has 158 valence electrons. The number of pyridine rings is 1. The summed E-state index contributed by atoms with van der Waals surface area (Å²) in [5.74, 6) is 0.904. The summed E-state index contributed by atoms with van der Waals surface area (Å²) in [7, 11) is 4.10. The fourth-order valence-electron chi connectivity index (χ4n) is 4.33. The van der Waals surface area contributed by atoms with Crippen LogP contribution in [-0.2, 0) is 6.42 Å². The minimum atomic E-state index is 0. The average molecular weight is 500 g/mol. The number of nitrogens with one attached hydrogen (secondary N) is 2. The Bertz CT molecular complexity index is 580. The fourth-order valence-corrected chi connectivity index (χ4v) is 4.33. The molecule has 0 bridgehead atoms. The molecule has 2 N–H and O–H groups in total. The van der Waals surface area contributed by atoms with E-state index in [-0.39, 0.29) is 29.5 Å². The van der Waals surface area contributed by atoms with Crippen LogP contribution in [0.1, 0.15) is 37.8 Å². The van der Waals surface area contributed by atoms with E-state index in [1.54, 1.807) is 0 Å². The number of likely N-dealkylation sites (tertiary alicyclic amines) is 2. The fraction of sp³-hybridized carbons (Fsp3) is 0.714. The lowest BCUT2D eigenvalue weighted by Gasteiger charge is -2.50. The molecular weight excluding hydrogens is 463 g/mol. The molecule has 3 heterocycles. The first-order valence-corrected chi connectivity index (χ1v) is 10.5. The first kappa shape index (κ1) is 23.3. The minimum Gasteiger partial charge on any atom is -0.356 e. The Morgan fingerprint density at radius 2 is 1.86 bits per heavy atom. The molecule has 28 heavy (non-hydrogen) atoms. The zero-order valence-corrected chi connectivity index (χ0v) is 19.8. The Kier molecular flexibility index (Phi) is 9.94. The number of aromatic nitrogens is 1. The molecule has 6 nitrogen and oxygen atoms in total. The third kappa shape index (κ3) is 6.56. The van der Waals surface area contributed by atoms with Crippen molar-refractivity contribution >= 4 is 29.9 Å². The second-order valence-electron chi connectivity index (χ2n) is 8.00. The van der Waals surface area contributed by atoms with E-state index in [1.807, 2.05) is 25.4 Å². The van der Waals surface area contributed by atoms with Gasteiger partial charge in [0.05, 0.1) is 0 Å². The molecule has 0 radical (unpaired) electrons. The van der Waals surface area contributed by atoms with Gasteiger partial charge in [-0.2, -0.15) is 0 Å². The summed E-state index contributed by atoms with van der Waals surface area (Å²) in [6, 6.07) is 6.07. The van der Waals surface area contributed by atoms with Crippen molar-refractivity contribution in [2.75, 3.05) is 53.4 Å². The second kappa shape index (κ2) is 11.9. The van der Waals surface area contributed by atoms with Crippen LogP contribution in [0.4, 0.5) is 0 Å². The maximum Gasteiger partial charge on any atom is 0.191 e. The van der Waals surface area contributed by atoms with Gasteiger partial charge in [-0.1, -0.05) is 12.5 Å². The Morgan fingerprint density at radius 1 is 1.11 bits per heavy atom. The Morgan fingerprint density at radius 3 is 2.50 bits per heavy atom. The zero-order chi connectivity index (χ0) is 19.0. The molecule has 1 aromatic rings. The van der Waals surface area contributed by atoms with Crippen LogP contribution in [0.2, 0.25) is 0 Å². The van der Waals surface area contributed by atoms with Crippen molar-refractivity contribution < 1.29 is 0 Å². The maximum atomic E-state index is 4.44. The molecule has 0 aromatic carbocycles. The van der Waals surface area contributed by atoms with Crippen LogP contribution in [-0.4, -0.2) is 79.6 Å². The molecule has 0 atom stereocenters. The van der Waals surface area contributed by atoms with Crippen LogP contribution < -0.4 is 10.6 Å². The Balaban J connectivity index is 0.00000280. The summed E-state index contributed by atoms with van der Waals surface area (Å²) in [6.07, 6.45) is 9.30. The number of guanidine groups is 1. The van der Waals surface area contributed by atoms with Crippen molar-refractivity contribution in [3.05, 3.63) is 30.1 Å². The van der Waals surface area contributed by atoms with Gasteiger partial charge < -0.3 is 15.5 Å². The smallest absolute Gasteiger partial charge is 0.191 e. The summed E-state index contributed by atoms with van der Waals surface area (Å²) in [5.41, 5.74) is 1.38. The van der Waals surface area contributed by atoms with Gasteiger partial charge in [0.25, 0.3) is 0 Å². The van der Waals surface area contributed by atoms with E-state index in [9.17, 15) is 0 Å². The lowest BCUT2D eigenvalue weighted by atomic mass is 9.84. The predicted octanol–water partition coefficient (Wildman–Crippen LogP) is 2.36. The molecule has 0 amide bonds. The Labute approximate surface area is 187 Å². The van der Waals surface area contributed by atoms with Crippen LogP contribution in [0.15, 0.2) is 29.4 Å². The van der Waals surface area contributed by atoms with E-state index in [2.05, 4.69) is 43.5 Å². The maximum absolute atomic E-state index is 4.44. The normalized spacial score (nSPS) is 21.0. The van der Waals surface area contributed by atoms with Crippen LogP contribution in [0, 0.1) is 0 Å². The van der Waals surface area contributed by atoms with Crippen LogP contribution in [0.25, 0.3) is 0 Å². The largest absolute Gasteiger partial charge is 0.356 e. The topological polar surface area (TPSA) is 55.8 Å². The van der Waals surface area contributed by atoms with Gasteiger partial charge in [-0.3, -0.25) is 14.9 Å². The minimum absolute atomic E-state index is 0. The van der Waals surface area contributed by atoms with Gasteiger partial charge in [0.2, 0.25) is 0 Å². The summed E-state index contributed by atoms with van der Waals surface area (Å²) in [4.78, 5) is 14.1. The highest BCUT2D eigenvalue weighted by molar-refractivity contribution is 14.0. The van der Waals surface area contributed by atoms with E-state index in [1.165, 1.54) is 58.3 Å². The van der Waals surface area contributed by atoms with Crippen LogP contribution in [0.5, 0.6) is 0 Å². The summed E-state index contributed by atoms with van der Waals surface area (Å²) >= 11 is 0. The lowest BCUT2D eigenvalue weighted by molar-refractivity contribution is 0.0173. The van der Waals surface area contributed by atoms with Crippen LogP contribution in [0.3, 0.4) is 0 Å². The summed E-state index contributed by atoms with van der Waals surface area (Å²) in [6.45, 7) is 6.68. The second-order valence-corrected chi connectivity index (χ2v) is 8.00. The van der Waals surface area contributed by atoms with Crippen molar-refractivity contribution in [2.45, 2.75) is 44.1 Å². The highest BCUT2D eigenvalue weighted by Crippen LogP contribution is 2.30. The highest BCUT2D eigenvalue weighted by Gasteiger charge is 2.39.